The predicted octanol–water partition coefficient (Wildman–Crippen LogP) is 2.24. The number of imidazole rings is 1. The Balaban J connectivity index is 1.48. The van der Waals surface area contributed by atoms with Crippen molar-refractivity contribution >= 4 is 5.91 Å². The summed E-state index contributed by atoms with van der Waals surface area (Å²) in [6.45, 7) is 6.27. The highest BCUT2D eigenvalue weighted by atomic mass is 16.5. The van der Waals surface area contributed by atoms with Crippen molar-refractivity contribution in [2.45, 2.75) is 39.4 Å². The fraction of sp³-hybridized carbons (Fsp3) is 0.400. The molecule has 1 amide bonds. The van der Waals surface area contributed by atoms with Crippen LogP contribution in [0.1, 0.15) is 33.6 Å². The van der Waals surface area contributed by atoms with E-state index < -0.39 is 0 Å². The summed E-state index contributed by atoms with van der Waals surface area (Å²) in [5, 5.41) is 3.00. The SMILES string of the molecule is COc1cc(=O)n2c(c1C(=O)NCCCn1ccnc1)CCN(Cc1cccc(C)c1)CC2. The van der Waals surface area contributed by atoms with E-state index in [9.17, 15) is 9.59 Å². The minimum absolute atomic E-state index is 0.129. The maximum atomic E-state index is 13.2. The number of aromatic nitrogens is 3. The van der Waals surface area contributed by atoms with Crippen LogP contribution in [-0.4, -0.2) is 51.7 Å². The lowest BCUT2D eigenvalue weighted by Crippen LogP contribution is -2.32. The Morgan fingerprint density at radius 3 is 2.85 bits per heavy atom. The third-order valence-corrected chi connectivity index (χ3v) is 6.06. The minimum atomic E-state index is -0.201. The Morgan fingerprint density at radius 2 is 2.09 bits per heavy atom. The lowest BCUT2D eigenvalue weighted by molar-refractivity contribution is 0.0947. The van der Waals surface area contributed by atoms with Gasteiger partial charge in [-0.25, -0.2) is 4.98 Å². The molecule has 1 aliphatic heterocycles. The Labute approximate surface area is 193 Å². The molecule has 174 valence electrons. The molecular formula is C25H31N5O3. The van der Waals surface area contributed by atoms with Gasteiger partial charge in [-0.1, -0.05) is 29.8 Å². The molecule has 0 aliphatic carbocycles. The first kappa shape index (κ1) is 22.8. The molecule has 0 unspecified atom stereocenters. The van der Waals surface area contributed by atoms with E-state index in [1.165, 1.54) is 24.3 Å². The smallest absolute Gasteiger partial charge is 0.256 e. The van der Waals surface area contributed by atoms with Crippen molar-refractivity contribution < 1.29 is 9.53 Å². The van der Waals surface area contributed by atoms with Crippen molar-refractivity contribution in [1.29, 1.82) is 0 Å². The summed E-state index contributed by atoms with van der Waals surface area (Å²) in [6, 6.07) is 9.91. The summed E-state index contributed by atoms with van der Waals surface area (Å²) >= 11 is 0. The van der Waals surface area contributed by atoms with Crippen molar-refractivity contribution in [2.24, 2.45) is 0 Å². The van der Waals surface area contributed by atoms with Gasteiger partial charge in [-0.2, -0.15) is 0 Å². The highest BCUT2D eigenvalue weighted by Gasteiger charge is 2.25. The van der Waals surface area contributed by atoms with Gasteiger partial charge in [0.2, 0.25) is 0 Å². The lowest BCUT2D eigenvalue weighted by atomic mass is 10.1. The quantitative estimate of drug-likeness (QED) is 0.534. The maximum absolute atomic E-state index is 13.2. The summed E-state index contributed by atoms with van der Waals surface area (Å²) in [4.78, 5) is 32.3. The van der Waals surface area contributed by atoms with Crippen LogP contribution in [0.3, 0.4) is 0 Å². The molecule has 1 aromatic carbocycles. The van der Waals surface area contributed by atoms with Crippen LogP contribution in [0.2, 0.25) is 0 Å². The second-order valence-corrected chi connectivity index (χ2v) is 8.45. The maximum Gasteiger partial charge on any atom is 0.256 e. The van der Waals surface area contributed by atoms with Crippen molar-refractivity contribution in [2.75, 3.05) is 26.7 Å². The molecule has 0 spiro atoms. The van der Waals surface area contributed by atoms with Gasteiger partial charge in [-0.3, -0.25) is 14.5 Å². The minimum Gasteiger partial charge on any atom is -0.496 e. The number of fused-ring (bicyclic) bond motifs is 1. The standard InChI is InChI=1S/C25H31N5O3/c1-19-5-3-6-20(15-19)17-28-11-7-21-24(22(33-2)16-23(31)30(21)14-13-28)25(32)27-8-4-10-29-12-9-26-18-29/h3,5-6,9,12,15-16,18H,4,7-8,10-11,13-14,17H2,1-2H3,(H,27,32). The molecule has 0 saturated carbocycles. The van der Waals surface area contributed by atoms with Gasteiger partial charge in [0.25, 0.3) is 11.5 Å². The van der Waals surface area contributed by atoms with Gasteiger partial charge in [-0.05, 0) is 18.9 Å². The molecule has 4 rings (SSSR count). The number of aryl methyl sites for hydroxylation is 2. The zero-order valence-electron chi connectivity index (χ0n) is 19.3. The molecule has 0 fully saturated rings. The fourth-order valence-corrected chi connectivity index (χ4v) is 4.40. The van der Waals surface area contributed by atoms with E-state index in [1.807, 2.05) is 10.8 Å². The molecule has 3 aromatic rings. The third-order valence-electron chi connectivity index (χ3n) is 6.06. The molecule has 1 N–H and O–H groups in total. The number of carbonyl (C=O) groups excluding carboxylic acids is 1. The zero-order valence-corrected chi connectivity index (χ0v) is 19.3. The highest BCUT2D eigenvalue weighted by Crippen LogP contribution is 2.23. The van der Waals surface area contributed by atoms with Crippen LogP contribution >= 0.6 is 0 Å². The molecular weight excluding hydrogens is 418 g/mol. The second kappa shape index (κ2) is 10.5. The number of nitrogens with one attached hydrogen (secondary N) is 1. The number of nitrogens with zero attached hydrogens (tertiary/aromatic N) is 4. The number of pyridine rings is 1. The van der Waals surface area contributed by atoms with Gasteiger partial charge in [0, 0.05) is 69.8 Å². The molecule has 2 aromatic heterocycles. The molecule has 8 nitrogen and oxygen atoms in total. The van der Waals surface area contributed by atoms with E-state index in [4.69, 9.17) is 4.74 Å². The van der Waals surface area contributed by atoms with Crippen LogP contribution < -0.4 is 15.6 Å². The van der Waals surface area contributed by atoms with Crippen LogP contribution in [0.25, 0.3) is 0 Å². The zero-order chi connectivity index (χ0) is 23.2. The number of benzene rings is 1. The number of methoxy groups -OCH3 is 1. The van der Waals surface area contributed by atoms with Crippen molar-refractivity contribution in [3.8, 4) is 5.75 Å². The molecule has 33 heavy (non-hydrogen) atoms. The first-order chi connectivity index (χ1) is 16.0. The number of ether oxygens (including phenoxy) is 1. The van der Waals surface area contributed by atoms with Gasteiger partial charge < -0.3 is 19.2 Å². The highest BCUT2D eigenvalue weighted by molar-refractivity contribution is 5.98. The third kappa shape index (κ3) is 5.51. The number of hydrogen-bond donors (Lipinski definition) is 1. The van der Waals surface area contributed by atoms with Crippen LogP contribution in [0.4, 0.5) is 0 Å². The summed E-state index contributed by atoms with van der Waals surface area (Å²) in [5.41, 5.74) is 3.58. The Bertz CT molecular complexity index is 1150. The second-order valence-electron chi connectivity index (χ2n) is 8.45. The first-order valence-corrected chi connectivity index (χ1v) is 11.4. The summed E-state index contributed by atoms with van der Waals surface area (Å²) in [7, 11) is 1.50. The van der Waals surface area contributed by atoms with E-state index in [0.29, 0.717) is 30.8 Å². The van der Waals surface area contributed by atoms with Crippen molar-refractivity contribution in [3.63, 3.8) is 0 Å². The number of hydrogen-bond acceptors (Lipinski definition) is 5. The molecule has 3 heterocycles. The topological polar surface area (TPSA) is 81.4 Å². The normalized spacial score (nSPS) is 13.9. The first-order valence-electron chi connectivity index (χ1n) is 11.4. The van der Waals surface area contributed by atoms with E-state index in [2.05, 4.69) is 46.4 Å². The van der Waals surface area contributed by atoms with Crippen LogP contribution in [0, 0.1) is 6.92 Å². The number of carbonyl (C=O) groups is 1. The molecule has 1 aliphatic rings. The van der Waals surface area contributed by atoms with E-state index in [1.54, 1.807) is 17.1 Å². The average Bonchev–Trinajstić information content (AvgIpc) is 3.23. The van der Waals surface area contributed by atoms with Gasteiger partial charge in [0.15, 0.2) is 0 Å². The van der Waals surface area contributed by atoms with Gasteiger partial charge in [-0.15, -0.1) is 0 Å². The molecule has 0 radical (unpaired) electrons. The Morgan fingerprint density at radius 1 is 1.21 bits per heavy atom. The molecule has 0 atom stereocenters. The number of amides is 1. The van der Waals surface area contributed by atoms with Crippen LogP contribution in [0.15, 0.2) is 53.8 Å². The van der Waals surface area contributed by atoms with E-state index in [0.717, 1.165) is 38.3 Å². The van der Waals surface area contributed by atoms with Crippen LogP contribution in [0.5, 0.6) is 5.75 Å². The monoisotopic (exact) mass is 449 g/mol. The van der Waals surface area contributed by atoms with E-state index >= 15 is 0 Å². The largest absolute Gasteiger partial charge is 0.496 e. The Kier molecular flexibility index (Phi) is 7.24. The van der Waals surface area contributed by atoms with Gasteiger partial charge in [0.1, 0.15) is 11.3 Å². The van der Waals surface area contributed by atoms with Crippen LogP contribution in [-0.2, 0) is 26.1 Å². The predicted molar refractivity (Wildman–Crippen MR) is 127 cm³/mol. The summed E-state index contributed by atoms with van der Waals surface area (Å²) in [5.74, 6) is 0.138. The molecule has 8 heteroatoms. The fourth-order valence-electron chi connectivity index (χ4n) is 4.40. The van der Waals surface area contributed by atoms with Crippen molar-refractivity contribution in [3.05, 3.63) is 81.8 Å². The summed E-state index contributed by atoms with van der Waals surface area (Å²) < 4.78 is 9.17. The summed E-state index contributed by atoms with van der Waals surface area (Å²) in [6.07, 6.45) is 6.79. The van der Waals surface area contributed by atoms with E-state index in [-0.39, 0.29) is 11.5 Å². The van der Waals surface area contributed by atoms with Crippen molar-refractivity contribution in [1.82, 2.24) is 24.3 Å². The van der Waals surface area contributed by atoms with Gasteiger partial charge in [0.05, 0.1) is 13.4 Å². The number of rotatable bonds is 8. The molecule has 0 bridgehead atoms. The lowest BCUT2D eigenvalue weighted by Gasteiger charge is -2.19. The Hall–Kier alpha value is -3.39. The molecule has 0 saturated heterocycles. The van der Waals surface area contributed by atoms with Gasteiger partial charge >= 0.3 is 0 Å². The average molecular weight is 450 g/mol.